The molecule has 10 heteroatoms. The van der Waals surface area contributed by atoms with Gasteiger partial charge < -0.3 is 5.32 Å². The van der Waals surface area contributed by atoms with Crippen molar-refractivity contribution in [3.8, 4) is 0 Å². The Morgan fingerprint density at radius 1 is 1.44 bits per heavy atom. The van der Waals surface area contributed by atoms with E-state index in [0.29, 0.717) is 16.9 Å². The lowest BCUT2D eigenvalue weighted by molar-refractivity contribution is -0.384. The van der Waals surface area contributed by atoms with Crippen LogP contribution < -0.4 is 5.32 Å². The van der Waals surface area contributed by atoms with Gasteiger partial charge in [0.05, 0.1) is 22.4 Å². The van der Waals surface area contributed by atoms with Crippen LogP contribution in [0.4, 0.5) is 11.4 Å². The van der Waals surface area contributed by atoms with Crippen LogP contribution in [0.15, 0.2) is 23.4 Å². The van der Waals surface area contributed by atoms with Gasteiger partial charge in [-0.15, -0.1) is 5.10 Å². The molecule has 0 radical (unpaired) electrons. The Balaban J connectivity index is 1.61. The fourth-order valence-electron chi connectivity index (χ4n) is 2.83. The number of non-ortho nitro benzene ring substituents is 1. The number of nitrogens with one attached hydrogen (secondary N) is 1. The third-order valence-electron chi connectivity index (χ3n) is 4.17. The minimum absolute atomic E-state index is 0.0567. The van der Waals surface area contributed by atoms with Crippen LogP contribution in [0.3, 0.4) is 0 Å². The minimum atomic E-state index is -0.487. The van der Waals surface area contributed by atoms with Crippen LogP contribution in [0, 0.1) is 17.0 Å². The van der Waals surface area contributed by atoms with Gasteiger partial charge in [0, 0.05) is 12.1 Å². The van der Waals surface area contributed by atoms with Crippen molar-refractivity contribution in [3.05, 3.63) is 33.9 Å². The third-order valence-corrected chi connectivity index (χ3v) is 5.11. The van der Waals surface area contributed by atoms with E-state index in [1.807, 2.05) is 0 Å². The zero-order valence-electron chi connectivity index (χ0n) is 13.7. The number of tetrazole rings is 1. The maximum absolute atomic E-state index is 12.2. The van der Waals surface area contributed by atoms with Crippen molar-refractivity contribution in [2.24, 2.45) is 0 Å². The number of nitro groups is 1. The number of thioether (sulfide) groups is 1. The second-order valence-corrected chi connectivity index (χ2v) is 6.88. The van der Waals surface area contributed by atoms with Crippen molar-refractivity contribution in [1.82, 2.24) is 20.2 Å². The summed E-state index contributed by atoms with van der Waals surface area (Å²) >= 11 is 1.27. The van der Waals surface area contributed by atoms with E-state index in [2.05, 4.69) is 20.8 Å². The first-order valence-electron chi connectivity index (χ1n) is 8.00. The summed E-state index contributed by atoms with van der Waals surface area (Å²) < 4.78 is 1.80. The fourth-order valence-corrected chi connectivity index (χ4v) is 3.58. The number of aromatic nitrogens is 4. The Morgan fingerprint density at radius 3 is 2.92 bits per heavy atom. The molecule has 0 spiro atoms. The van der Waals surface area contributed by atoms with Crippen LogP contribution in [0.5, 0.6) is 0 Å². The SMILES string of the molecule is Cc1ccc([N+](=O)[O-])cc1NC(=O)CSc1nnnn1C1CCCC1. The predicted molar refractivity (Wildman–Crippen MR) is 92.5 cm³/mol. The number of nitrogens with zero attached hydrogens (tertiary/aromatic N) is 5. The number of benzene rings is 1. The highest BCUT2D eigenvalue weighted by atomic mass is 32.2. The number of anilines is 1. The van der Waals surface area contributed by atoms with E-state index in [1.165, 1.54) is 36.7 Å². The third kappa shape index (κ3) is 4.13. The van der Waals surface area contributed by atoms with Crippen molar-refractivity contribution in [3.63, 3.8) is 0 Å². The first-order chi connectivity index (χ1) is 12.0. The molecule has 0 saturated heterocycles. The zero-order chi connectivity index (χ0) is 17.8. The quantitative estimate of drug-likeness (QED) is 0.477. The largest absolute Gasteiger partial charge is 0.325 e. The van der Waals surface area contributed by atoms with Crippen LogP contribution in [0.2, 0.25) is 0 Å². The summed E-state index contributed by atoms with van der Waals surface area (Å²) in [7, 11) is 0. The van der Waals surface area contributed by atoms with Gasteiger partial charge in [-0.25, -0.2) is 4.68 Å². The van der Waals surface area contributed by atoms with E-state index in [0.717, 1.165) is 18.4 Å². The molecule has 0 aliphatic heterocycles. The number of rotatable bonds is 6. The summed E-state index contributed by atoms with van der Waals surface area (Å²) in [6.45, 7) is 1.78. The summed E-state index contributed by atoms with van der Waals surface area (Å²) in [6.07, 6.45) is 4.44. The Labute approximate surface area is 148 Å². The maximum Gasteiger partial charge on any atom is 0.271 e. The number of amides is 1. The van der Waals surface area contributed by atoms with Crippen LogP contribution in [-0.2, 0) is 4.79 Å². The molecule has 3 rings (SSSR count). The van der Waals surface area contributed by atoms with E-state index in [4.69, 9.17) is 0 Å². The Hall–Kier alpha value is -2.49. The van der Waals surface area contributed by atoms with Crippen LogP contribution in [0.1, 0.15) is 37.3 Å². The van der Waals surface area contributed by atoms with Crippen molar-refractivity contribution in [2.75, 3.05) is 11.1 Å². The molecular weight excluding hydrogens is 344 g/mol. The molecule has 1 aliphatic rings. The van der Waals surface area contributed by atoms with Gasteiger partial charge in [0.25, 0.3) is 5.69 Å². The molecule has 1 saturated carbocycles. The van der Waals surface area contributed by atoms with Crippen molar-refractivity contribution in [2.45, 2.75) is 43.8 Å². The Bertz CT molecular complexity index is 787. The van der Waals surface area contributed by atoms with Crippen LogP contribution in [-0.4, -0.2) is 36.8 Å². The molecule has 1 N–H and O–H groups in total. The molecule has 1 aromatic heterocycles. The van der Waals surface area contributed by atoms with Gasteiger partial charge >= 0.3 is 0 Å². The first-order valence-corrected chi connectivity index (χ1v) is 8.98. The lowest BCUT2D eigenvalue weighted by atomic mass is 10.2. The summed E-state index contributed by atoms with van der Waals surface area (Å²) in [4.78, 5) is 22.6. The summed E-state index contributed by atoms with van der Waals surface area (Å²) in [6, 6.07) is 4.69. The number of carbonyl (C=O) groups is 1. The topological polar surface area (TPSA) is 116 Å². The Kier molecular flexibility index (Phi) is 5.27. The number of nitro benzene ring substituents is 1. The molecule has 1 heterocycles. The molecule has 0 bridgehead atoms. The van der Waals surface area contributed by atoms with Crippen molar-refractivity contribution < 1.29 is 9.72 Å². The van der Waals surface area contributed by atoms with Gasteiger partial charge in [0.1, 0.15) is 0 Å². The predicted octanol–water partition coefficient (Wildman–Crippen LogP) is 2.74. The summed E-state index contributed by atoms with van der Waals surface area (Å²) in [5.41, 5.74) is 1.15. The summed E-state index contributed by atoms with van der Waals surface area (Å²) in [5.74, 6) is -0.121. The maximum atomic E-state index is 12.2. The fraction of sp³-hybridized carbons (Fsp3) is 0.467. The molecule has 1 aromatic carbocycles. The lowest BCUT2D eigenvalue weighted by Gasteiger charge is -2.11. The standard InChI is InChI=1S/C15H18N6O3S/c1-10-6-7-12(21(23)24)8-13(10)16-14(22)9-25-15-17-18-19-20(15)11-4-2-3-5-11/h6-8,11H,2-5,9H2,1H3,(H,16,22). The molecule has 9 nitrogen and oxygen atoms in total. The molecule has 132 valence electrons. The van der Waals surface area contributed by atoms with Crippen molar-refractivity contribution in [1.29, 1.82) is 0 Å². The van der Waals surface area contributed by atoms with Crippen molar-refractivity contribution >= 4 is 29.0 Å². The highest BCUT2D eigenvalue weighted by Crippen LogP contribution is 2.31. The number of hydrogen-bond acceptors (Lipinski definition) is 7. The molecule has 1 fully saturated rings. The number of carbonyl (C=O) groups excluding carboxylic acids is 1. The normalized spacial score (nSPS) is 14.6. The first kappa shape index (κ1) is 17.3. The van der Waals surface area contributed by atoms with E-state index in [-0.39, 0.29) is 17.3 Å². The molecule has 1 amide bonds. The highest BCUT2D eigenvalue weighted by Gasteiger charge is 2.22. The number of aryl methyl sites for hydroxylation is 1. The van der Waals surface area contributed by atoms with Gasteiger partial charge in [0.2, 0.25) is 11.1 Å². The second-order valence-electron chi connectivity index (χ2n) is 5.94. The smallest absolute Gasteiger partial charge is 0.271 e. The molecule has 2 aromatic rings. The van der Waals surface area contributed by atoms with Gasteiger partial charge in [-0.3, -0.25) is 14.9 Å². The summed E-state index contributed by atoms with van der Waals surface area (Å²) in [5, 5.41) is 25.9. The van der Waals surface area contributed by atoms with E-state index in [9.17, 15) is 14.9 Å². The average Bonchev–Trinajstić information content (AvgIpc) is 3.25. The lowest BCUT2D eigenvalue weighted by Crippen LogP contribution is -2.16. The van der Waals surface area contributed by atoms with Gasteiger partial charge in [-0.05, 0) is 35.8 Å². The van der Waals surface area contributed by atoms with Crippen LogP contribution in [0.25, 0.3) is 0 Å². The monoisotopic (exact) mass is 362 g/mol. The minimum Gasteiger partial charge on any atom is -0.325 e. The van der Waals surface area contributed by atoms with Gasteiger partial charge in [-0.1, -0.05) is 30.7 Å². The second kappa shape index (κ2) is 7.60. The number of hydrogen-bond donors (Lipinski definition) is 1. The molecule has 1 aliphatic carbocycles. The molecule has 0 unspecified atom stereocenters. The highest BCUT2D eigenvalue weighted by molar-refractivity contribution is 7.99. The van der Waals surface area contributed by atoms with E-state index >= 15 is 0 Å². The molecular formula is C15H18N6O3S. The van der Waals surface area contributed by atoms with Gasteiger partial charge in [-0.2, -0.15) is 0 Å². The van der Waals surface area contributed by atoms with E-state index in [1.54, 1.807) is 17.7 Å². The Morgan fingerprint density at radius 2 is 2.20 bits per heavy atom. The average molecular weight is 362 g/mol. The van der Waals surface area contributed by atoms with Gasteiger partial charge in [0.15, 0.2) is 0 Å². The molecule has 25 heavy (non-hydrogen) atoms. The van der Waals surface area contributed by atoms with Crippen LogP contribution >= 0.6 is 11.8 Å². The van der Waals surface area contributed by atoms with E-state index < -0.39 is 4.92 Å². The zero-order valence-corrected chi connectivity index (χ0v) is 14.5. The molecule has 0 atom stereocenters.